The van der Waals surface area contributed by atoms with Crippen LogP contribution in [0.3, 0.4) is 0 Å². The van der Waals surface area contributed by atoms with Gasteiger partial charge in [0.2, 0.25) is 9.84 Å². The molecule has 6 nitrogen and oxygen atoms in total. The lowest BCUT2D eigenvalue weighted by Gasteiger charge is -2.07. The number of nitriles is 1. The van der Waals surface area contributed by atoms with E-state index in [1.807, 2.05) is 0 Å². The van der Waals surface area contributed by atoms with E-state index in [9.17, 15) is 25.8 Å². The summed E-state index contributed by atoms with van der Waals surface area (Å²) in [4.78, 5) is 2.75. The standard InChI is InChI=1S/C14H10F3N3O3S3/c1-25(21,11-4-5-24-9-11)20-8-12(6-18)26(22,23)13-3-2-10(7-19-13)14(15,16)17/h2-5,7-9H,1H3/b12-8+/t25-/m0/s1. The van der Waals surface area contributed by atoms with Crippen molar-refractivity contribution in [1.82, 2.24) is 4.98 Å². The Balaban J connectivity index is 2.46. The number of sulfone groups is 1. The molecule has 0 fully saturated rings. The van der Waals surface area contributed by atoms with E-state index in [1.54, 1.807) is 16.8 Å². The minimum atomic E-state index is -4.67. The summed E-state index contributed by atoms with van der Waals surface area (Å²) in [7, 11) is -7.47. The van der Waals surface area contributed by atoms with Crippen molar-refractivity contribution in [3.63, 3.8) is 0 Å². The molecule has 0 N–H and O–H groups in total. The van der Waals surface area contributed by atoms with Gasteiger partial charge in [0, 0.05) is 17.8 Å². The lowest BCUT2D eigenvalue weighted by molar-refractivity contribution is -0.137. The summed E-state index contributed by atoms with van der Waals surface area (Å²) in [5.41, 5.74) is -1.13. The van der Waals surface area contributed by atoms with Gasteiger partial charge in [-0.15, -0.1) is 0 Å². The number of hydrogen-bond donors (Lipinski definition) is 0. The van der Waals surface area contributed by atoms with Crippen molar-refractivity contribution >= 4 is 30.9 Å². The molecule has 0 spiro atoms. The van der Waals surface area contributed by atoms with Crippen LogP contribution in [-0.2, 0) is 25.7 Å². The molecule has 0 saturated carbocycles. The molecule has 2 rings (SSSR count). The maximum absolute atomic E-state index is 12.5. The van der Waals surface area contributed by atoms with E-state index in [1.165, 1.54) is 23.7 Å². The lowest BCUT2D eigenvalue weighted by atomic mass is 10.3. The van der Waals surface area contributed by atoms with Crippen molar-refractivity contribution in [2.24, 2.45) is 4.36 Å². The van der Waals surface area contributed by atoms with Crippen molar-refractivity contribution in [2.45, 2.75) is 16.1 Å². The summed E-state index contributed by atoms with van der Waals surface area (Å²) in [6, 6.07) is 4.13. The zero-order chi connectivity index (χ0) is 19.6. The van der Waals surface area contributed by atoms with Crippen molar-refractivity contribution in [1.29, 1.82) is 5.26 Å². The fourth-order valence-electron chi connectivity index (χ4n) is 1.65. The fraction of sp³-hybridized carbons (Fsp3) is 0.143. The average molecular weight is 421 g/mol. The zero-order valence-corrected chi connectivity index (χ0v) is 15.4. The third-order valence-electron chi connectivity index (χ3n) is 3.04. The van der Waals surface area contributed by atoms with E-state index in [-0.39, 0.29) is 0 Å². The summed E-state index contributed by atoms with van der Waals surface area (Å²) in [6.45, 7) is 0. The Morgan fingerprint density at radius 1 is 1.31 bits per heavy atom. The smallest absolute Gasteiger partial charge is 0.245 e. The Morgan fingerprint density at radius 2 is 2.00 bits per heavy atom. The van der Waals surface area contributed by atoms with E-state index in [2.05, 4.69) is 9.35 Å². The van der Waals surface area contributed by atoms with E-state index in [4.69, 9.17) is 5.26 Å². The summed E-state index contributed by atoms with van der Waals surface area (Å²) >= 11 is 1.27. The third kappa shape index (κ3) is 4.29. The van der Waals surface area contributed by atoms with Crippen LogP contribution in [-0.4, -0.2) is 23.9 Å². The Bertz CT molecular complexity index is 1090. The predicted molar refractivity (Wildman–Crippen MR) is 89.2 cm³/mol. The highest BCUT2D eigenvalue weighted by Crippen LogP contribution is 2.29. The summed E-state index contributed by atoms with van der Waals surface area (Å²) in [5, 5.41) is 11.6. The molecule has 1 atom stereocenters. The summed E-state index contributed by atoms with van der Waals surface area (Å²) in [6.07, 6.45) is -2.42. The van der Waals surface area contributed by atoms with Crippen molar-refractivity contribution in [3.05, 3.63) is 51.8 Å². The molecule has 0 amide bonds. The van der Waals surface area contributed by atoms with Crippen LogP contribution in [0.5, 0.6) is 0 Å². The highest BCUT2D eigenvalue weighted by Gasteiger charge is 2.32. The number of rotatable bonds is 4. The molecule has 2 aromatic rings. The first-order chi connectivity index (χ1) is 12.0. The van der Waals surface area contributed by atoms with Crippen LogP contribution in [0.15, 0.2) is 60.5 Å². The van der Waals surface area contributed by atoms with Crippen LogP contribution in [0.2, 0.25) is 0 Å². The predicted octanol–water partition coefficient (Wildman–Crippen LogP) is 3.46. The van der Waals surface area contributed by atoms with E-state index in [0.717, 1.165) is 0 Å². The molecule has 138 valence electrons. The molecule has 0 aliphatic rings. The molecule has 26 heavy (non-hydrogen) atoms. The Labute approximate surface area is 151 Å². The minimum Gasteiger partial charge on any atom is -0.245 e. The molecule has 0 aromatic carbocycles. The number of allylic oxidation sites excluding steroid dienone is 1. The van der Waals surface area contributed by atoms with Gasteiger partial charge in [0.05, 0.1) is 26.4 Å². The first-order valence-electron chi connectivity index (χ1n) is 6.60. The van der Waals surface area contributed by atoms with Crippen LogP contribution < -0.4 is 0 Å². The minimum absolute atomic E-state index is 0.355. The number of thiophene rings is 1. The van der Waals surface area contributed by atoms with Crippen molar-refractivity contribution in [3.8, 4) is 6.07 Å². The zero-order valence-electron chi connectivity index (χ0n) is 13.0. The summed E-state index contributed by atoms with van der Waals surface area (Å²) < 4.78 is 78.4. The molecule has 0 unspecified atom stereocenters. The molecule has 2 heterocycles. The largest absolute Gasteiger partial charge is 0.417 e. The average Bonchev–Trinajstić information content (AvgIpc) is 3.10. The van der Waals surface area contributed by atoms with Gasteiger partial charge in [-0.3, -0.25) is 0 Å². The maximum Gasteiger partial charge on any atom is 0.417 e. The molecule has 0 aliphatic carbocycles. The second-order valence-electron chi connectivity index (χ2n) is 4.86. The normalized spacial score (nSPS) is 15.1. The van der Waals surface area contributed by atoms with Gasteiger partial charge in [-0.05, 0) is 23.6 Å². The van der Waals surface area contributed by atoms with E-state index >= 15 is 0 Å². The van der Waals surface area contributed by atoms with Gasteiger partial charge >= 0.3 is 6.18 Å². The molecule has 0 radical (unpaired) electrons. The number of halogens is 3. The van der Waals surface area contributed by atoms with E-state index in [0.29, 0.717) is 29.4 Å². The molecule has 12 heteroatoms. The first-order valence-corrected chi connectivity index (χ1v) is 11.0. The number of nitrogens with zero attached hydrogens (tertiary/aromatic N) is 3. The molecule has 0 bridgehead atoms. The second kappa shape index (κ2) is 7.18. The Morgan fingerprint density at radius 3 is 2.46 bits per heavy atom. The first kappa shape index (κ1) is 20.1. The number of aromatic nitrogens is 1. The van der Waals surface area contributed by atoms with Crippen LogP contribution >= 0.6 is 11.3 Å². The Kier molecular flexibility index (Phi) is 5.55. The highest BCUT2D eigenvalue weighted by molar-refractivity contribution is 7.95. The Hall–Kier alpha value is -2.23. The number of alkyl halides is 3. The highest BCUT2D eigenvalue weighted by atomic mass is 32.2. The molecular formula is C14H10F3N3O3S3. The quantitative estimate of drug-likeness (QED) is 0.704. The maximum atomic E-state index is 12.5. The van der Waals surface area contributed by atoms with Crippen LogP contribution in [0.4, 0.5) is 13.2 Å². The van der Waals surface area contributed by atoms with E-state index < -0.39 is 41.2 Å². The van der Waals surface area contributed by atoms with Gasteiger partial charge in [0.15, 0.2) is 9.93 Å². The monoisotopic (exact) mass is 421 g/mol. The molecule has 2 aromatic heterocycles. The van der Waals surface area contributed by atoms with Gasteiger partial charge in [0.25, 0.3) is 0 Å². The van der Waals surface area contributed by atoms with Gasteiger partial charge in [-0.1, -0.05) is 0 Å². The third-order valence-corrected chi connectivity index (χ3v) is 7.08. The molecular weight excluding hydrogens is 411 g/mol. The van der Waals surface area contributed by atoms with Gasteiger partial charge in [0.1, 0.15) is 6.07 Å². The topological polar surface area (TPSA) is 100 Å². The number of pyridine rings is 1. The van der Waals surface area contributed by atoms with Crippen molar-refractivity contribution in [2.75, 3.05) is 6.26 Å². The lowest BCUT2D eigenvalue weighted by Crippen LogP contribution is -2.09. The van der Waals surface area contributed by atoms with Crippen LogP contribution in [0.1, 0.15) is 5.56 Å². The second-order valence-corrected chi connectivity index (χ2v) is 9.79. The fourth-order valence-corrected chi connectivity index (χ4v) is 4.93. The molecule has 0 aliphatic heterocycles. The van der Waals surface area contributed by atoms with Crippen LogP contribution in [0, 0.1) is 11.3 Å². The summed E-state index contributed by atoms with van der Waals surface area (Å²) in [5.74, 6) is 0. The molecule has 0 saturated heterocycles. The van der Waals surface area contributed by atoms with Crippen LogP contribution in [0.25, 0.3) is 0 Å². The SMILES string of the molecule is C[S@@](=O)(=N/C=C(\C#N)S(=O)(=O)c1ccc(C(F)(F)F)cn1)c1ccsc1. The van der Waals surface area contributed by atoms with Gasteiger partial charge < -0.3 is 0 Å². The van der Waals surface area contributed by atoms with Crippen molar-refractivity contribution < 1.29 is 25.8 Å². The van der Waals surface area contributed by atoms with Gasteiger partial charge in [-0.25, -0.2) is 22.0 Å². The number of hydrogen-bond acceptors (Lipinski definition) is 7. The van der Waals surface area contributed by atoms with Gasteiger partial charge in [-0.2, -0.15) is 29.8 Å².